The molecular formula is C29H21Cl2NO5S. The molecule has 0 bridgehead atoms. The Morgan fingerprint density at radius 2 is 1.66 bits per heavy atom. The van der Waals surface area contributed by atoms with Crippen molar-refractivity contribution in [2.24, 2.45) is 0 Å². The van der Waals surface area contributed by atoms with Crippen LogP contribution in [0.25, 0.3) is 5.76 Å². The van der Waals surface area contributed by atoms with Gasteiger partial charge in [0.05, 0.1) is 22.7 Å². The minimum absolute atomic E-state index is 0.0603. The predicted molar refractivity (Wildman–Crippen MR) is 150 cm³/mol. The number of carbonyl (C=O) groups excluding carboxylic acids is 2. The molecule has 1 N–H and O–H groups in total. The minimum Gasteiger partial charge on any atom is -0.507 e. The van der Waals surface area contributed by atoms with Crippen molar-refractivity contribution >= 4 is 57.7 Å². The first-order chi connectivity index (χ1) is 18.3. The number of ether oxygens (including phenoxy) is 2. The second-order valence-electron chi connectivity index (χ2n) is 8.57. The summed E-state index contributed by atoms with van der Waals surface area (Å²) in [5.74, 6) is -0.449. The fourth-order valence-electron chi connectivity index (χ4n) is 4.35. The lowest BCUT2D eigenvalue weighted by molar-refractivity contribution is -0.132. The van der Waals surface area contributed by atoms with E-state index in [4.69, 9.17) is 32.7 Å². The Labute approximate surface area is 233 Å². The van der Waals surface area contributed by atoms with Gasteiger partial charge in [-0.3, -0.25) is 14.5 Å². The van der Waals surface area contributed by atoms with Gasteiger partial charge >= 0.3 is 0 Å². The van der Waals surface area contributed by atoms with Gasteiger partial charge in [-0.25, -0.2) is 0 Å². The first-order valence-electron chi connectivity index (χ1n) is 11.5. The predicted octanol–water partition coefficient (Wildman–Crippen LogP) is 7.79. The number of aliphatic hydroxyl groups excluding tert-OH is 1. The summed E-state index contributed by atoms with van der Waals surface area (Å²) in [5, 5.41) is 13.5. The molecule has 5 rings (SSSR count). The number of amides is 1. The number of benzene rings is 3. The summed E-state index contributed by atoms with van der Waals surface area (Å²) in [6.07, 6.45) is 0. The summed E-state index contributed by atoms with van der Waals surface area (Å²) in [5.41, 5.74) is 1.68. The van der Waals surface area contributed by atoms with Crippen molar-refractivity contribution in [2.75, 3.05) is 12.0 Å². The molecule has 0 saturated carbocycles. The number of halogens is 2. The molecule has 2 heterocycles. The van der Waals surface area contributed by atoms with Crippen LogP contribution < -0.4 is 14.4 Å². The third-order valence-corrected chi connectivity index (χ3v) is 7.56. The molecule has 1 fully saturated rings. The molecule has 4 aromatic rings. The van der Waals surface area contributed by atoms with Crippen LogP contribution in [0.5, 0.6) is 17.2 Å². The number of carbonyl (C=O) groups is 2. The van der Waals surface area contributed by atoms with Gasteiger partial charge in [0.15, 0.2) is 5.75 Å². The van der Waals surface area contributed by atoms with Gasteiger partial charge in [-0.1, -0.05) is 41.4 Å². The molecule has 9 heteroatoms. The number of thiophene rings is 1. The van der Waals surface area contributed by atoms with Crippen molar-refractivity contribution in [1.29, 1.82) is 0 Å². The number of anilines is 1. The first kappa shape index (κ1) is 25.9. The molecule has 1 aromatic heterocycles. The second-order valence-corrected chi connectivity index (χ2v) is 10.4. The third kappa shape index (κ3) is 4.76. The van der Waals surface area contributed by atoms with E-state index >= 15 is 0 Å². The lowest BCUT2D eigenvalue weighted by Crippen LogP contribution is -2.29. The summed E-state index contributed by atoms with van der Waals surface area (Å²) in [6.45, 7) is 1.98. The second kappa shape index (κ2) is 10.5. The molecule has 1 unspecified atom stereocenters. The van der Waals surface area contributed by atoms with Crippen molar-refractivity contribution in [3.63, 3.8) is 0 Å². The normalized spacial score (nSPS) is 16.6. The molecule has 6 nitrogen and oxygen atoms in total. The van der Waals surface area contributed by atoms with E-state index in [-0.39, 0.29) is 32.7 Å². The Kier molecular flexibility index (Phi) is 7.17. The Balaban J connectivity index is 1.56. The highest BCUT2D eigenvalue weighted by molar-refractivity contribution is 7.10. The zero-order valence-corrected chi connectivity index (χ0v) is 22.6. The van der Waals surface area contributed by atoms with Crippen LogP contribution in [0, 0.1) is 6.92 Å². The molecule has 0 aliphatic carbocycles. The average molecular weight is 566 g/mol. The lowest BCUT2D eigenvalue weighted by atomic mass is 9.99. The third-order valence-electron chi connectivity index (χ3n) is 6.07. The van der Waals surface area contributed by atoms with Gasteiger partial charge in [0.25, 0.3) is 11.7 Å². The van der Waals surface area contributed by atoms with Crippen molar-refractivity contribution in [2.45, 2.75) is 13.0 Å². The van der Waals surface area contributed by atoms with Crippen LogP contribution >= 0.6 is 34.5 Å². The van der Waals surface area contributed by atoms with E-state index in [1.807, 2.05) is 48.7 Å². The Morgan fingerprint density at radius 1 is 0.947 bits per heavy atom. The van der Waals surface area contributed by atoms with Crippen LogP contribution in [0.1, 0.15) is 22.0 Å². The highest BCUT2D eigenvalue weighted by atomic mass is 35.5. The zero-order chi connectivity index (χ0) is 27.0. The van der Waals surface area contributed by atoms with Gasteiger partial charge in [0, 0.05) is 16.1 Å². The van der Waals surface area contributed by atoms with Gasteiger partial charge in [0.2, 0.25) is 0 Å². The largest absolute Gasteiger partial charge is 0.507 e. The molecule has 1 aliphatic heterocycles. The summed E-state index contributed by atoms with van der Waals surface area (Å²) in [4.78, 5) is 28.7. The number of aliphatic hydroxyl groups is 1. The van der Waals surface area contributed by atoms with Crippen LogP contribution in [0.3, 0.4) is 0 Å². The molecule has 1 atom stereocenters. The van der Waals surface area contributed by atoms with Crippen molar-refractivity contribution in [3.05, 3.63) is 110 Å². The molecule has 0 spiro atoms. The van der Waals surface area contributed by atoms with Crippen molar-refractivity contribution in [1.82, 2.24) is 0 Å². The Hall–Kier alpha value is -3.78. The number of hydrogen-bond donors (Lipinski definition) is 1. The number of rotatable bonds is 6. The minimum atomic E-state index is -0.849. The summed E-state index contributed by atoms with van der Waals surface area (Å²) in [7, 11) is 1.42. The highest BCUT2D eigenvalue weighted by Crippen LogP contribution is 2.45. The molecular weight excluding hydrogens is 545 g/mol. The monoisotopic (exact) mass is 565 g/mol. The zero-order valence-electron chi connectivity index (χ0n) is 20.3. The fourth-order valence-corrected chi connectivity index (χ4v) is 5.82. The molecule has 1 amide bonds. The first-order valence-corrected chi connectivity index (χ1v) is 13.1. The summed E-state index contributed by atoms with van der Waals surface area (Å²) >= 11 is 13.9. The molecule has 1 aliphatic rings. The summed E-state index contributed by atoms with van der Waals surface area (Å²) < 4.78 is 11.1. The average Bonchev–Trinajstić information content (AvgIpc) is 3.51. The van der Waals surface area contributed by atoms with Gasteiger partial charge in [-0.15, -0.1) is 11.3 Å². The summed E-state index contributed by atoms with van der Waals surface area (Å²) in [6, 6.07) is 20.2. The number of methoxy groups -OCH3 is 1. The molecule has 1 saturated heterocycles. The van der Waals surface area contributed by atoms with Gasteiger partial charge in [-0.2, -0.15) is 0 Å². The highest BCUT2D eigenvalue weighted by Gasteiger charge is 2.47. The number of Topliss-reactive ketones (excluding diaryl/α,β-unsaturated/α-hetero) is 1. The van der Waals surface area contributed by atoms with Gasteiger partial charge in [0.1, 0.15) is 23.3 Å². The van der Waals surface area contributed by atoms with Crippen LogP contribution in [0.15, 0.2) is 83.7 Å². The van der Waals surface area contributed by atoms with Crippen LogP contribution in [-0.4, -0.2) is 23.9 Å². The quantitative estimate of drug-likeness (QED) is 0.147. The fraction of sp³-hybridized carbons (Fsp3) is 0.103. The number of ketones is 1. The maximum absolute atomic E-state index is 13.3. The Morgan fingerprint density at radius 3 is 2.26 bits per heavy atom. The van der Waals surface area contributed by atoms with Crippen molar-refractivity contribution in [3.8, 4) is 17.2 Å². The molecule has 192 valence electrons. The maximum atomic E-state index is 13.3. The number of hydrogen-bond acceptors (Lipinski definition) is 6. The van der Waals surface area contributed by atoms with E-state index in [1.54, 1.807) is 24.3 Å². The van der Waals surface area contributed by atoms with E-state index in [1.165, 1.54) is 35.5 Å². The van der Waals surface area contributed by atoms with E-state index < -0.39 is 17.7 Å². The molecule has 38 heavy (non-hydrogen) atoms. The van der Waals surface area contributed by atoms with E-state index in [2.05, 4.69) is 0 Å². The topological polar surface area (TPSA) is 76.1 Å². The van der Waals surface area contributed by atoms with Gasteiger partial charge in [-0.05, 0) is 72.5 Å². The van der Waals surface area contributed by atoms with Crippen LogP contribution in [-0.2, 0) is 9.59 Å². The van der Waals surface area contributed by atoms with Crippen molar-refractivity contribution < 1.29 is 24.2 Å². The van der Waals surface area contributed by atoms with Gasteiger partial charge < -0.3 is 14.6 Å². The smallest absolute Gasteiger partial charge is 0.300 e. The van der Waals surface area contributed by atoms with Crippen LogP contribution in [0.2, 0.25) is 10.0 Å². The SMILES string of the molecule is COc1c(Cl)cc(/C(O)=C2/C(=O)C(=O)N(c3ccc(Oc4cccc(C)c4)cc3)C2c2cccs2)cc1Cl. The van der Waals surface area contributed by atoms with E-state index in [0.717, 1.165) is 5.56 Å². The number of aryl methyl sites for hydroxylation is 1. The lowest BCUT2D eigenvalue weighted by Gasteiger charge is -2.24. The molecule has 0 radical (unpaired) electrons. The Bertz CT molecular complexity index is 1540. The standard InChI is InChI=1S/C29H21Cl2NO5S/c1-16-5-3-6-20(13-16)37-19-10-8-18(9-11-19)32-25(23-7-4-12-38-23)24(27(34)29(32)35)26(33)17-14-21(30)28(36-2)22(31)15-17/h3-15,25,33H,1-2H3/b26-24-. The van der Waals surface area contributed by atoms with Crippen LogP contribution in [0.4, 0.5) is 5.69 Å². The maximum Gasteiger partial charge on any atom is 0.300 e. The van der Waals surface area contributed by atoms with E-state index in [9.17, 15) is 14.7 Å². The molecule has 3 aromatic carbocycles. The van der Waals surface area contributed by atoms with E-state index in [0.29, 0.717) is 22.1 Å². The number of nitrogens with zero attached hydrogens (tertiary/aromatic N) is 1.